The van der Waals surface area contributed by atoms with E-state index < -0.39 is 0 Å². The summed E-state index contributed by atoms with van der Waals surface area (Å²) < 4.78 is 0. The molecular formula is C21H16ClN5O2S. The summed E-state index contributed by atoms with van der Waals surface area (Å²) in [5.41, 5.74) is 2.50. The molecule has 3 N–H and O–H groups in total. The number of thiophene rings is 1. The first-order valence-electron chi connectivity index (χ1n) is 8.97. The summed E-state index contributed by atoms with van der Waals surface area (Å²) in [7, 11) is 0. The van der Waals surface area contributed by atoms with Crippen LogP contribution in [0.4, 0.5) is 5.69 Å². The number of benzene rings is 1. The summed E-state index contributed by atoms with van der Waals surface area (Å²) in [6, 6.07) is 12.2. The molecule has 150 valence electrons. The smallest absolute Gasteiger partial charge is 0.274 e. The van der Waals surface area contributed by atoms with E-state index in [2.05, 4.69) is 25.8 Å². The minimum Gasteiger partial charge on any atom is -0.347 e. The summed E-state index contributed by atoms with van der Waals surface area (Å²) in [5, 5.41) is 14.6. The highest BCUT2D eigenvalue weighted by Crippen LogP contribution is 2.24. The molecule has 4 aromatic rings. The van der Waals surface area contributed by atoms with Crippen LogP contribution in [0.25, 0.3) is 11.1 Å². The van der Waals surface area contributed by atoms with Crippen molar-refractivity contribution in [3.63, 3.8) is 0 Å². The van der Waals surface area contributed by atoms with E-state index in [0.29, 0.717) is 28.5 Å². The fraction of sp³-hybridized carbons (Fsp3) is 0.0476. The van der Waals surface area contributed by atoms with Crippen LogP contribution in [-0.2, 0) is 6.54 Å². The van der Waals surface area contributed by atoms with Gasteiger partial charge in [-0.25, -0.2) is 0 Å². The molecule has 0 fully saturated rings. The lowest BCUT2D eigenvalue weighted by Crippen LogP contribution is -2.23. The molecule has 7 nitrogen and oxygen atoms in total. The van der Waals surface area contributed by atoms with Crippen LogP contribution < -0.4 is 10.6 Å². The molecular weight excluding hydrogens is 422 g/mol. The number of carbonyl (C=O) groups excluding carboxylic acids is 2. The summed E-state index contributed by atoms with van der Waals surface area (Å²) in [6.07, 6.45) is 4.87. The van der Waals surface area contributed by atoms with Crippen molar-refractivity contribution in [1.29, 1.82) is 0 Å². The summed E-state index contributed by atoms with van der Waals surface area (Å²) in [6.45, 7) is 0.410. The number of halogens is 1. The number of rotatable bonds is 6. The summed E-state index contributed by atoms with van der Waals surface area (Å²) in [4.78, 5) is 30.3. The number of amides is 2. The Morgan fingerprint density at radius 3 is 2.70 bits per heavy atom. The molecule has 3 heterocycles. The molecule has 30 heavy (non-hydrogen) atoms. The molecule has 0 radical (unpaired) electrons. The van der Waals surface area contributed by atoms with Gasteiger partial charge in [0.15, 0.2) is 0 Å². The van der Waals surface area contributed by atoms with Gasteiger partial charge < -0.3 is 10.6 Å². The van der Waals surface area contributed by atoms with Gasteiger partial charge in [-0.2, -0.15) is 5.10 Å². The monoisotopic (exact) mass is 437 g/mol. The van der Waals surface area contributed by atoms with E-state index in [1.54, 1.807) is 60.3 Å². The minimum absolute atomic E-state index is 0.282. The largest absolute Gasteiger partial charge is 0.347 e. The van der Waals surface area contributed by atoms with Crippen molar-refractivity contribution in [1.82, 2.24) is 20.5 Å². The molecule has 0 aliphatic heterocycles. The third-order valence-corrected chi connectivity index (χ3v) is 5.54. The molecule has 0 atom stereocenters. The van der Waals surface area contributed by atoms with Crippen molar-refractivity contribution in [2.45, 2.75) is 6.54 Å². The maximum atomic E-state index is 12.8. The Morgan fingerprint density at radius 2 is 1.93 bits per heavy atom. The first kappa shape index (κ1) is 19.8. The fourth-order valence-electron chi connectivity index (χ4n) is 2.86. The van der Waals surface area contributed by atoms with Crippen molar-refractivity contribution < 1.29 is 9.59 Å². The van der Waals surface area contributed by atoms with Crippen molar-refractivity contribution in [3.8, 4) is 11.1 Å². The second-order valence-corrected chi connectivity index (χ2v) is 7.74. The van der Waals surface area contributed by atoms with Gasteiger partial charge in [0.05, 0.1) is 23.3 Å². The quantitative estimate of drug-likeness (QED) is 0.417. The Morgan fingerprint density at radius 1 is 1.10 bits per heavy atom. The van der Waals surface area contributed by atoms with E-state index in [9.17, 15) is 9.59 Å². The molecule has 9 heteroatoms. The van der Waals surface area contributed by atoms with Gasteiger partial charge in [-0.05, 0) is 47.3 Å². The lowest BCUT2D eigenvalue weighted by Gasteiger charge is -2.10. The van der Waals surface area contributed by atoms with E-state index >= 15 is 0 Å². The van der Waals surface area contributed by atoms with Crippen LogP contribution in [0.5, 0.6) is 0 Å². The predicted molar refractivity (Wildman–Crippen MR) is 117 cm³/mol. The number of aromatic nitrogens is 3. The van der Waals surface area contributed by atoms with Gasteiger partial charge in [0, 0.05) is 28.5 Å². The molecule has 0 aliphatic rings. The lowest BCUT2D eigenvalue weighted by molar-refractivity contribution is 0.0950. The van der Waals surface area contributed by atoms with Gasteiger partial charge in [0.25, 0.3) is 11.8 Å². The molecule has 0 saturated heterocycles. The highest BCUT2D eigenvalue weighted by Gasteiger charge is 2.17. The molecule has 0 unspecified atom stereocenters. The third kappa shape index (κ3) is 4.40. The van der Waals surface area contributed by atoms with Crippen molar-refractivity contribution in [2.75, 3.05) is 5.32 Å². The standard InChI is InChI=1S/C21H16ClN5O2S/c22-18-4-3-14(10-16(18)20(28)24-11-15-2-1-9-30-15)26-21(29)19-17(12-25-27-19)13-5-7-23-8-6-13/h1-10,12H,11H2,(H,24,28)(H,25,27)(H,26,29). The Bertz CT molecular complexity index is 1180. The Hall–Kier alpha value is -3.49. The van der Waals surface area contributed by atoms with Gasteiger partial charge in [0.2, 0.25) is 0 Å². The molecule has 0 saturated carbocycles. The van der Waals surface area contributed by atoms with E-state index in [4.69, 9.17) is 11.6 Å². The maximum absolute atomic E-state index is 12.8. The van der Waals surface area contributed by atoms with Crippen LogP contribution in [0.2, 0.25) is 5.02 Å². The van der Waals surface area contributed by atoms with Crippen molar-refractivity contribution in [3.05, 3.63) is 87.6 Å². The summed E-state index contributed by atoms with van der Waals surface area (Å²) >= 11 is 7.76. The molecule has 0 bridgehead atoms. The molecule has 4 rings (SSSR count). The predicted octanol–water partition coefficient (Wildman–Crippen LogP) is 4.37. The zero-order valence-electron chi connectivity index (χ0n) is 15.6. The average Bonchev–Trinajstić information content (AvgIpc) is 3.46. The number of aromatic amines is 1. The van der Waals surface area contributed by atoms with Crippen molar-refractivity contribution in [2.24, 2.45) is 0 Å². The SMILES string of the molecule is O=C(NCc1cccs1)c1cc(NC(=O)c2[nH]ncc2-c2ccncc2)ccc1Cl. The number of nitrogens with one attached hydrogen (secondary N) is 3. The van der Waals surface area contributed by atoms with Crippen LogP contribution in [0, 0.1) is 0 Å². The normalized spacial score (nSPS) is 10.6. The lowest BCUT2D eigenvalue weighted by atomic mass is 10.1. The Labute approximate surface area is 181 Å². The Kier molecular flexibility index (Phi) is 5.87. The molecule has 1 aromatic carbocycles. The number of nitrogens with zero attached hydrogens (tertiary/aromatic N) is 2. The zero-order valence-corrected chi connectivity index (χ0v) is 17.1. The number of H-pyrrole nitrogens is 1. The van der Waals surface area contributed by atoms with E-state index in [0.717, 1.165) is 10.4 Å². The van der Waals surface area contributed by atoms with Crippen LogP contribution in [0.1, 0.15) is 25.7 Å². The van der Waals surface area contributed by atoms with Gasteiger partial charge in [-0.15, -0.1) is 11.3 Å². The van der Waals surface area contributed by atoms with E-state index in [1.807, 2.05) is 17.5 Å². The topological polar surface area (TPSA) is 99.8 Å². The third-order valence-electron chi connectivity index (χ3n) is 4.33. The van der Waals surface area contributed by atoms with E-state index in [1.165, 1.54) is 0 Å². The zero-order chi connectivity index (χ0) is 20.9. The van der Waals surface area contributed by atoms with Crippen LogP contribution in [0.3, 0.4) is 0 Å². The number of pyridine rings is 1. The van der Waals surface area contributed by atoms with Gasteiger partial charge in [0.1, 0.15) is 5.69 Å². The number of hydrogen-bond donors (Lipinski definition) is 3. The molecule has 0 spiro atoms. The first-order chi connectivity index (χ1) is 14.6. The number of carbonyl (C=O) groups is 2. The van der Waals surface area contributed by atoms with Crippen LogP contribution in [0.15, 0.2) is 66.4 Å². The first-order valence-corrected chi connectivity index (χ1v) is 10.2. The van der Waals surface area contributed by atoms with Gasteiger partial charge >= 0.3 is 0 Å². The highest BCUT2D eigenvalue weighted by atomic mass is 35.5. The van der Waals surface area contributed by atoms with E-state index in [-0.39, 0.29) is 17.4 Å². The van der Waals surface area contributed by atoms with Crippen LogP contribution >= 0.6 is 22.9 Å². The van der Waals surface area contributed by atoms with Gasteiger partial charge in [-0.1, -0.05) is 17.7 Å². The minimum atomic E-state index is -0.383. The maximum Gasteiger partial charge on any atom is 0.274 e. The molecule has 0 aliphatic carbocycles. The van der Waals surface area contributed by atoms with Crippen LogP contribution in [-0.4, -0.2) is 27.0 Å². The fourth-order valence-corrected chi connectivity index (χ4v) is 3.70. The van der Waals surface area contributed by atoms with Crippen molar-refractivity contribution >= 4 is 40.4 Å². The molecule has 3 aromatic heterocycles. The molecule has 2 amide bonds. The highest BCUT2D eigenvalue weighted by molar-refractivity contribution is 7.09. The average molecular weight is 438 g/mol. The summed E-state index contributed by atoms with van der Waals surface area (Å²) in [5.74, 6) is -0.699. The Balaban J connectivity index is 1.50. The second kappa shape index (κ2) is 8.89. The number of hydrogen-bond acceptors (Lipinski definition) is 5. The number of anilines is 1. The second-order valence-electron chi connectivity index (χ2n) is 6.31. The van der Waals surface area contributed by atoms with Gasteiger partial charge in [-0.3, -0.25) is 19.7 Å².